The van der Waals surface area contributed by atoms with Crippen LogP contribution in [-0.2, 0) is 19.0 Å². The van der Waals surface area contributed by atoms with E-state index < -0.39 is 11.6 Å². The molecular weight excluding hydrogens is 212 g/mol. The van der Waals surface area contributed by atoms with E-state index in [1.54, 1.807) is 13.8 Å². The van der Waals surface area contributed by atoms with Crippen LogP contribution in [0.5, 0.6) is 0 Å². The highest BCUT2D eigenvalue weighted by molar-refractivity contribution is 5.68. The van der Waals surface area contributed by atoms with Crippen LogP contribution in [0.1, 0.15) is 34.1 Å². The Morgan fingerprint density at radius 3 is 2.06 bits per heavy atom. The molecule has 0 atom stereocenters. The van der Waals surface area contributed by atoms with Crippen LogP contribution in [0.4, 0.5) is 4.79 Å². The van der Waals surface area contributed by atoms with Gasteiger partial charge in [-0.1, -0.05) is 20.8 Å². The highest BCUT2D eigenvalue weighted by Crippen LogP contribution is 2.16. The maximum absolute atomic E-state index is 10.9. The molecule has 94 valence electrons. The molecular formula is C11H20O5. The van der Waals surface area contributed by atoms with E-state index in [1.165, 1.54) is 0 Å². The van der Waals surface area contributed by atoms with Crippen LogP contribution >= 0.6 is 0 Å². The second-order valence-electron chi connectivity index (χ2n) is 4.15. The molecule has 5 nitrogen and oxygen atoms in total. The van der Waals surface area contributed by atoms with Gasteiger partial charge in [0, 0.05) is 11.8 Å². The van der Waals surface area contributed by atoms with Crippen molar-refractivity contribution < 1.29 is 23.8 Å². The first-order valence-corrected chi connectivity index (χ1v) is 5.36. The van der Waals surface area contributed by atoms with Gasteiger partial charge in [0.05, 0.1) is 13.2 Å². The zero-order valence-electron chi connectivity index (χ0n) is 10.4. The van der Waals surface area contributed by atoms with Crippen molar-refractivity contribution in [3.05, 3.63) is 0 Å². The van der Waals surface area contributed by atoms with Crippen LogP contribution in [0, 0.1) is 5.41 Å². The van der Waals surface area contributed by atoms with Gasteiger partial charge in [0.25, 0.3) is 0 Å². The fourth-order valence-electron chi connectivity index (χ4n) is 0.833. The third kappa shape index (κ3) is 7.09. The first-order valence-electron chi connectivity index (χ1n) is 5.36. The summed E-state index contributed by atoms with van der Waals surface area (Å²) in [7, 11) is 0. The Kier molecular flexibility index (Phi) is 6.53. The van der Waals surface area contributed by atoms with E-state index in [-0.39, 0.29) is 25.8 Å². The SMILES string of the molecule is CCOC(=O)OCC(C)(C)COC(=O)CC. The average molecular weight is 232 g/mol. The fourth-order valence-corrected chi connectivity index (χ4v) is 0.833. The van der Waals surface area contributed by atoms with E-state index in [1.807, 2.05) is 13.8 Å². The largest absolute Gasteiger partial charge is 0.508 e. The third-order valence-corrected chi connectivity index (χ3v) is 1.76. The second kappa shape index (κ2) is 7.09. The first-order chi connectivity index (χ1) is 7.41. The molecule has 0 unspecified atom stereocenters. The zero-order chi connectivity index (χ0) is 12.6. The van der Waals surface area contributed by atoms with Crippen molar-refractivity contribution in [1.82, 2.24) is 0 Å². The second-order valence-corrected chi connectivity index (χ2v) is 4.15. The molecule has 0 saturated heterocycles. The molecule has 0 fully saturated rings. The Morgan fingerprint density at radius 2 is 1.56 bits per heavy atom. The molecule has 0 heterocycles. The molecule has 0 aromatic heterocycles. The number of carbonyl (C=O) groups is 2. The summed E-state index contributed by atoms with van der Waals surface area (Å²) in [6.45, 7) is 7.77. The van der Waals surface area contributed by atoms with Gasteiger partial charge >= 0.3 is 12.1 Å². The van der Waals surface area contributed by atoms with Crippen molar-refractivity contribution in [3.8, 4) is 0 Å². The highest BCUT2D eigenvalue weighted by Gasteiger charge is 2.22. The highest BCUT2D eigenvalue weighted by atomic mass is 16.7. The van der Waals surface area contributed by atoms with Crippen LogP contribution in [0.25, 0.3) is 0 Å². The maximum atomic E-state index is 10.9. The lowest BCUT2D eigenvalue weighted by Gasteiger charge is -2.23. The number of carbonyl (C=O) groups excluding carboxylic acids is 2. The lowest BCUT2D eigenvalue weighted by atomic mass is 9.96. The summed E-state index contributed by atoms with van der Waals surface area (Å²) < 4.78 is 14.5. The summed E-state index contributed by atoms with van der Waals surface area (Å²) in [6.07, 6.45) is -0.355. The standard InChI is InChI=1S/C11H20O5/c1-5-9(12)15-7-11(3,4)8-16-10(13)14-6-2/h5-8H2,1-4H3. The molecule has 0 aliphatic rings. The maximum Gasteiger partial charge on any atom is 0.508 e. The Balaban J connectivity index is 3.86. The Bertz CT molecular complexity index is 235. The van der Waals surface area contributed by atoms with Crippen LogP contribution in [0.15, 0.2) is 0 Å². The van der Waals surface area contributed by atoms with Crippen LogP contribution < -0.4 is 0 Å². The van der Waals surface area contributed by atoms with E-state index >= 15 is 0 Å². The summed E-state index contributed by atoms with van der Waals surface area (Å²) in [5, 5.41) is 0. The van der Waals surface area contributed by atoms with E-state index in [9.17, 15) is 9.59 Å². The smallest absolute Gasteiger partial charge is 0.465 e. The monoisotopic (exact) mass is 232 g/mol. The summed E-state index contributed by atoms with van der Waals surface area (Å²) >= 11 is 0. The summed E-state index contributed by atoms with van der Waals surface area (Å²) in [4.78, 5) is 21.9. The molecule has 0 radical (unpaired) electrons. The van der Waals surface area contributed by atoms with Gasteiger partial charge in [-0.25, -0.2) is 4.79 Å². The molecule has 5 heteroatoms. The molecule has 0 aromatic rings. The van der Waals surface area contributed by atoms with E-state index in [0.717, 1.165) is 0 Å². The Morgan fingerprint density at radius 1 is 1.00 bits per heavy atom. The van der Waals surface area contributed by atoms with Gasteiger partial charge in [0.2, 0.25) is 0 Å². The minimum Gasteiger partial charge on any atom is -0.465 e. The van der Waals surface area contributed by atoms with Crippen molar-refractivity contribution in [2.75, 3.05) is 19.8 Å². The van der Waals surface area contributed by atoms with Gasteiger partial charge in [-0.3, -0.25) is 4.79 Å². The minimum absolute atomic E-state index is 0.156. The number of hydrogen-bond acceptors (Lipinski definition) is 5. The fraction of sp³-hybridized carbons (Fsp3) is 0.818. The van der Waals surface area contributed by atoms with Crippen molar-refractivity contribution in [1.29, 1.82) is 0 Å². The van der Waals surface area contributed by atoms with Gasteiger partial charge in [-0.2, -0.15) is 0 Å². The van der Waals surface area contributed by atoms with Crippen LogP contribution in [0.2, 0.25) is 0 Å². The van der Waals surface area contributed by atoms with Crippen molar-refractivity contribution >= 4 is 12.1 Å². The lowest BCUT2D eigenvalue weighted by Crippen LogP contribution is -2.28. The number of hydrogen-bond donors (Lipinski definition) is 0. The Labute approximate surface area is 96.1 Å². The quantitative estimate of drug-likeness (QED) is 0.656. The summed E-state index contributed by atoms with van der Waals surface area (Å²) in [6, 6.07) is 0. The zero-order valence-corrected chi connectivity index (χ0v) is 10.4. The summed E-state index contributed by atoms with van der Waals surface area (Å²) in [5.74, 6) is -0.260. The predicted octanol–water partition coefficient (Wildman–Crippen LogP) is 2.14. The molecule has 0 aliphatic heterocycles. The van der Waals surface area contributed by atoms with Gasteiger partial charge < -0.3 is 14.2 Å². The van der Waals surface area contributed by atoms with Gasteiger partial charge in [0.15, 0.2) is 0 Å². The Hall–Kier alpha value is -1.26. The molecule has 16 heavy (non-hydrogen) atoms. The van der Waals surface area contributed by atoms with Gasteiger partial charge in [0.1, 0.15) is 6.61 Å². The van der Waals surface area contributed by atoms with Gasteiger partial charge in [-0.05, 0) is 6.92 Å². The number of rotatable bonds is 6. The predicted molar refractivity (Wildman–Crippen MR) is 58.0 cm³/mol. The molecule has 0 spiro atoms. The number of esters is 1. The molecule has 0 bridgehead atoms. The van der Waals surface area contributed by atoms with Crippen molar-refractivity contribution in [2.24, 2.45) is 5.41 Å². The average Bonchev–Trinajstić information content (AvgIpc) is 2.24. The topological polar surface area (TPSA) is 61.8 Å². The van der Waals surface area contributed by atoms with Crippen LogP contribution in [0.3, 0.4) is 0 Å². The molecule has 0 amide bonds. The van der Waals surface area contributed by atoms with E-state index in [0.29, 0.717) is 6.42 Å². The van der Waals surface area contributed by atoms with E-state index in [2.05, 4.69) is 4.74 Å². The van der Waals surface area contributed by atoms with Gasteiger partial charge in [-0.15, -0.1) is 0 Å². The summed E-state index contributed by atoms with van der Waals surface area (Å²) in [5.41, 5.74) is -0.405. The number of ether oxygens (including phenoxy) is 3. The first kappa shape index (κ1) is 14.7. The lowest BCUT2D eigenvalue weighted by molar-refractivity contribution is -0.147. The molecule has 0 N–H and O–H groups in total. The van der Waals surface area contributed by atoms with Crippen LogP contribution in [-0.4, -0.2) is 31.9 Å². The molecule has 0 saturated carbocycles. The third-order valence-electron chi connectivity index (χ3n) is 1.76. The molecule has 0 rings (SSSR count). The minimum atomic E-state index is -0.697. The molecule has 0 aromatic carbocycles. The normalized spacial score (nSPS) is 10.8. The van der Waals surface area contributed by atoms with E-state index in [4.69, 9.17) is 9.47 Å². The van der Waals surface area contributed by atoms with Crippen molar-refractivity contribution in [2.45, 2.75) is 34.1 Å². The van der Waals surface area contributed by atoms with Crippen molar-refractivity contribution in [3.63, 3.8) is 0 Å². The molecule has 0 aliphatic carbocycles.